The lowest BCUT2D eigenvalue weighted by Gasteiger charge is -2.25. The maximum Gasteiger partial charge on any atom is 0.224 e. The van der Waals surface area contributed by atoms with Crippen LogP contribution in [0.4, 0.5) is 0 Å². The van der Waals surface area contributed by atoms with E-state index in [1.165, 1.54) is 0 Å². The summed E-state index contributed by atoms with van der Waals surface area (Å²) in [6.07, 6.45) is 1.34. The molecule has 134 valence electrons. The number of carbonyl (C=O) groups is 2. The number of carbonyl (C=O) groups excluding carboxylic acids is 2. The molecule has 0 spiro atoms. The van der Waals surface area contributed by atoms with Crippen LogP contribution in [0.15, 0.2) is 30.3 Å². The lowest BCUT2D eigenvalue weighted by atomic mass is 10.1. The Bertz CT molecular complexity index is 538. The van der Waals surface area contributed by atoms with Crippen molar-refractivity contribution < 1.29 is 9.59 Å². The molecule has 0 saturated carbocycles. The van der Waals surface area contributed by atoms with Crippen molar-refractivity contribution in [3.8, 4) is 0 Å². The summed E-state index contributed by atoms with van der Waals surface area (Å²) in [6, 6.07) is 10.1. The lowest BCUT2D eigenvalue weighted by Crippen LogP contribution is -2.38. The van der Waals surface area contributed by atoms with Crippen LogP contribution < -0.4 is 5.73 Å². The van der Waals surface area contributed by atoms with Gasteiger partial charge in [0, 0.05) is 39.0 Å². The van der Waals surface area contributed by atoms with Crippen molar-refractivity contribution in [1.29, 1.82) is 0 Å². The third kappa shape index (κ3) is 5.49. The van der Waals surface area contributed by atoms with Crippen LogP contribution in [0.1, 0.15) is 32.3 Å². The minimum absolute atomic E-state index is 0. The smallest absolute Gasteiger partial charge is 0.224 e. The Morgan fingerprint density at radius 3 is 2.50 bits per heavy atom. The first-order valence-electron chi connectivity index (χ1n) is 8.30. The fourth-order valence-corrected chi connectivity index (χ4v) is 3.19. The molecular formula is C18H28ClN3O2. The van der Waals surface area contributed by atoms with E-state index in [0.29, 0.717) is 32.0 Å². The number of benzene rings is 1. The molecule has 6 heteroatoms. The number of nitrogens with zero attached hydrogens (tertiary/aromatic N) is 2. The van der Waals surface area contributed by atoms with Crippen molar-refractivity contribution >= 4 is 24.2 Å². The quantitative estimate of drug-likeness (QED) is 0.851. The average molecular weight is 354 g/mol. The molecule has 1 saturated heterocycles. The van der Waals surface area contributed by atoms with Crippen LogP contribution in [0.2, 0.25) is 0 Å². The fourth-order valence-electron chi connectivity index (χ4n) is 3.19. The number of likely N-dealkylation sites (tertiary alicyclic amines) is 1. The number of amides is 2. The predicted octanol–water partition coefficient (Wildman–Crippen LogP) is 2.04. The zero-order valence-electron chi connectivity index (χ0n) is 14.5. The van der Waals surface area contributed by atoms with Gasteiger partial charge in [-0.05, 0) is 31.4 Å². The van der Waals surface area contributed by atoms with Crippen molar-refractivity contribution in [2.24, 2.45) is 11.7 Å². The number of nitrogens with two attached hydrogens (primary N) is 1. The van der Waals surface area contributed by atoms with Crippen molar-refractivity contribution in [2.45, 2.75) is 39.3 Å². The maximum atomic E-state index is 12.4. The minimum atomic E-state index is -0.00374. The van der Waals surface area contributed by atoms with Gasteiger partial charge >= 0.3 is 0 Å². The van der Waals surface area contributed by atoms with Gasteiger partial charge in [0.25, 0.3) is 0 Å². The van der Waals surface area contributed by atoms with Crippen molar-refractivity contribution in [3.05, 3.63) is 35.9 Å². The molecular weight excluding hydrogens is 326 g/mol. The van der Waals surface area contributed by atoms with E-state index in [1.54, 1.807) is 11.8 Å². The lowest BCUT2D eigenvalue weighted by molar-refractivity contribution is -0.134. The SMILES string of the molecule is CC(=O)N(CCC(=O)N1CC(CN)CC1C)Cc1ccccc1.Cl. The molecule has 24 heavy (non-hydrogen) atoms. The van der Waals surface area contributed by atoms with Crippen LogP contribution in [0.5, 0.6) is 0 Å². The Kier molecular flexibility index (Phi) is 8.22. The van der Waals surface area contributed by atoms with E-state index in [9.17, 15) is 9.59 Å². The van der Waals surface area contributed by atoms with Gasteiger partial charge in [-0.25, -0.2) is 0 Å². The van der Waals surface area contributed by atoms with Gasteiger partial charge in [0.15, 0.2) is 0 Å². The van der Waals surface area contributed by atoms with Crippen LogP contribution in [0.25, 0.3) is 0 Å². The van der Waals surface area contributed by atoms with Gasteiger partial charge in [-0.15, -0.1) is 12.4 Å². The Balaban J connectivity index is 0.00000288. The number of hydrogen-bond acceptors (Lipinski definition) is 3. The first-order chi connectivity index (χ1) is 11.0. The summed E-state index contributed by atoms with van der Waals surface area (Å²) in [6.45, 7) is 6.00. The summed E-state index contributed by atoms with van der Waals surface area (Å²) in [5, 5.41) is 0. The van der Waals surface area contributed by atoms with E-state index in [-0.39, 0.29) is 30.3 Å². The molecule has 0 bridgehead atoms. The Morgan fingerprint density at radius 1 is 1.29 bits per heavy atom. The van der Waals surface area contributed by atoms with Crippen molar-refractivity contribution in [1.82, 2.24) is 9.80 Å². The van der Waals surface area contributed by atoms with E-state index in [2.05, 4.69) is 6.92 Å². The largest absolute Gasteiger partial charge is 0.340 e. The molecule has 1 aliphatic heterocycles. The first kappa shape index (κ1) is 20.5. The van der Waals surface area contributed by atoms with Gasteiger partial charge in [-0.2, -0.15) is 0 Å². The van der Waals surface area contributed by atoms with E-state index in [4.69, 9.17) is 5.73 Å². The predicted molar refractivity (Wildman–Crippen MR) is 97.7 cm³/mol. The van der Waals surface area contributed by atoms with Crippen LogP contribution in [0.3, 0.4) is 0 Å². The van der Waals surface area contributed by atoms with Crippen LogP contribution in [0, 0.1) is 5.92 Å². The highest BCUT2D eigenvalue weighted by atomic mass is 35.5. The molecule has 5 nitrogen and oxygen atoms in total. The second-order valence-corrected chi connectivity index (χ2v) is 6.41. The summed E-state index contributed by atoms with van der Waals surface area (Å²) in [7, 11) is 0. The van der Waals surface area contributed by atoms with Gasteiger partial charge in [-0.3, -0.25) is 9.59 Å². The summed E-state index contributed by atoms with van der Waals surface area (Å²) in [5.74, 6) is 0.519. The Hall–Kier alpha value is -1.59. The van der Waals surface area contributed by atoms with Gasteiger partial charge in [-0.1, -0.05) is 30.3 Å². The highest BCUT2D eigenvalue weighted by Crippen LogP contribution is 2.22. The van der Waals surface area contributed by atoms with Gasteiger partial charge in [0.1, 0.15) is 0 Å². The van der Waals surface area contributed by atoms with Crippen molar-refractivity contribution in [2.75, 3.05) is 19.6 Å². The molecule has 1 fully saturated rings. The van der Waals surface area contributed by atoms with E-state index in [1.807, 2.05) is 35.2 Å². The van der Waals surface area contributed by atoms with Gasteiger partial charge in [0.2, 0.25) is 11.8 Å². The molecule has 1 heterocycles. The first-order valence-corrected chi connectivity index (χ1v) is 8.30. The third-order valence-electron chi connectivity index (χ3n) is 4.57. The van der Waals surface area contributed by atoms with Crippen LogP contribution in [-0.2, 0) is 16.1 Å². The molecule has 0 aliphatic carbocycles. The molecule has 2 amide bonds. The fraction of sp³-hybridized carbons (Fsp3) is 0.556. The summed E-state index contributed by atoms with van der Waals surface area (Å²) in [4.78, 5) is 27.9. The molecule has 0 radical (unpaired) electrons. The minimum Gasteiger partial charge on any atom is -0.340 e. The van der Waals surface area contributed by atoms with Crippen molar-refractivity contribution in [3.63, 3.8) is 0 Å². The van der Waals surface area contributed by atoms with Gasteiger partial charge < -0.3 is 15.5 Å². The van der Waals surface area contributed by atoms with E-state index in [0.717, 1.165) is 18.5 Å². The molecule has 2 rings (SSSR count). The molecule has 1 aromatic rings. The summed E-state index contributed by atoms with van der Waals surface area (Å²) < 4.78 is 0. The topological polar surface area (TPSA) is 66.6 Å². The van der Waals surface area contributed by atoms with E-state index < -0.39 is 0 Å². The molecule has 1 aliphatic rings. The third-order valence-corrected chi connectivity index (χ3v) is 4.57. The average Bonchev–Trinajstić information content (AvgIpc) is 2.93. The highest BCUT2D eigenvalue weighted by Gasteiger charge is 2.31. The normalized spacial score (nSPS) is 19.7. The number of rotatable bonds is 6. The molecule has 0 aromatic heterocycles. The Morgan fingerprint density at radius 2 is 1.96 bits per heavy atom. The molecule has 2 atom stereocenters. The van der Waals surface area contributed by atoms with E-state index >= 15 is 0 Å². The van der Waals surface area contributed by atoms with Crippen LogP contribution >= 0.6 is 12.4 Å². The summed E-state index contributed by atoms with van der Waals surface area (Å²) >= 11 is 0. The van der Waals surface area contributed by atoms with Gasteiger partial charge in [0.05, 0.1) is 0 Å². The highest BCUT2D eigenvalue weighted by molar-refractivity contribution is 5.85. The Labute approximate surface area is 150 Å². The standard InChI is InChI=1S/C18H27N3O2.ClH/c1-14-10-17(11-19)13-21(14)18(23)8-9-20(15(2)22)12-16-6-4-3-5-7-16;/h3-7,14,17H,8-13,19H2,1-2H3;1H. The maximum absolute atomic E-state index is 12.4. The zero-order valence-corrected chi connectivity index (χ0v) is 15.3. The summed E-state index contributed by atoms with van der Waals surface area (Å²) in [5.41, 5.74) is 6.79. The number of hydrogen-bond donors (Lipinski definition) is 1. The molecule has 2 N–H and O–H groups in total. The molecule has 1 aromatic carbocycles. The monoisotopic (exact) mass is 353 g/mol. The second-order valence-electron chi connectivity index (χ2n) is 6.41. The zero-order chi connectivity index (χ0) is 16.8. The molecule has 2 unspecified atom stereocenters. The second kappa shape index (κ2) is 9.64. The number of halogens is 1. The van der Waals surface area contributed by atoms with Crippen LogP contribution in [-0.4, -0.2) is 47.3 Å².